The number of furan rings is 1. The van der Waals surface area contributed by atoms with E-state index in [1.165, 1.54) is 12.8 Å². The number of likely N-dealkylation sites (tertiary alicyclic amines) is 1. The molecule has 1 aliphatic rings. The van der Waals surface area contributed by atoms with Crippen molar-refractivity contribution < 1.29 is 14.3 Å². The molecule has 0 aliphatic carbocycles. The molecule has 20 heavy (non-hydrogen) atoms. The van der Waals surface area contributed by atoms with Crippen LogP contribution in [0, 0.1) is 0 Å². The van der Waals surface area contributed by atoms with E-state index < -0.39 is 6.10 Å². The van der Waals surface area contributed by atoms with E-state index in [9.17, 15) is 9.90 Å². The molecule has 2 rings (SSSR count). The highest BCUT2D eigenvalue weighted by molar-refractivity contribution is 5.75. The molecule has 0 spiro atoms. The van der Waals surface area contributed by atoms with Crippen LogP contribution >= 0.6 is 0 Å². The number of nitrogens with one attached hydrogen (secondary N) is 1. The SMILES string of the molecule is CC(O)CCC(=O)NCC(c1ccco1)N1CCCC1. The van der Waals surface area contributed by atoms with Crippen molar-refractivity contribution >= 4 is 5.91 Å². The van der Waals surface area contributed by atoms with E-state index in [2.05, 4.69) is 10.2 Å². The van der Waals surface area contributed by atoms with Crippen molar-refractivity contribution in [2.75, 3.05) is 19.6 Å². The molecule has 5 heteroatoms. The Bertz CT molecular complexity index is 397. The summed E-state index contributed by atoms with van der Waals surface area (Å²) in [7, 11) is 0. The summed E-state index contributed by atoms with van der Waals surface area (Å²) in [5.41, 5.74) is 0. The van der Waals surface area contributed by atoms with E-state index in [1.54, 1.807) is 13.2 Å². The van der Waals surface area contributed by atoms with Gasteiger partial charge in [-0.25, -0.2) is 0 Å². The van der Waals surface area contributed by atoms with Crippen LogP contribution in [0.3, 0.4) is 0 Å². The molecule has 2 atom stereocenters. The van der Waals surface area contributed by atoms with Gasteiger partial charge in [0.1, 0.15) is 5.76 Å². The maximum atomic E-state index is 11.8. The Balaban J connectivity index is 1.86. The molecular weight excluding hydrogens is 256 g/mol. The number of nitrogens with zero attached hydrogens (tertiary/aromatic N) is 1. The van der Waals surface area contributed by atoms with E-state index in [0.717, 1.165) is 18.8 Å². The van der Waals surface area contributed by atoms with Crippen molar-refractivity contribution in [2.45, 2.75) is 44.8 Å². The van der Waals surface area contributed by atoms with Crippen molar-refractivity contribution in [1.29, 1.82) is 0 Å². The lowest BCUT2D eigenvalue weighted by Gasteiger charge is -2.26. The standard InChI is InChI=1S/C15H24N2O3/c1-12(18)6-7-15(19)16-11-13(14-5-4-10-20-14)17-8-2-3-9-17/h4-5,10,12-13,18H,2-3,6-9,11H2,1H3,(H,16,19). The van der Waals surface area contributed by atoms with Gasteiger partial charge in [-0.3, -0.25) is 9.69 Å². The van der Waals surface area contributed by atoms with E-state index in [0.29, 0.717) is 19.4 Å². The summed E-state index contributed by atoms with van der Waals surface area (Å²) in [4.78, 5) is 14.1. The van der Waals surface area contributed by atoms with Crippen molar-refractivity contribution in [1.82, 2.24) is 10.2 Å². The molecule has 1 aliphatic heterocycles. The zero-order chi connectivity index (χ0) is 14.4. The van der Waals surface area contributed by atoms with Gasteiger partial charge < -0.3 is 14.8 Å². The molecule has 2 heterocycles. The summed E-state index contributed by atoms with van der Waals surface area (Å²) in [6.45, 7) is 4.36. The second kappa shape index (κ2) is 7.45. The minimum Gasteiger partial charge on any atom is -0.468 e. The molecule has 5 nitrogen and oxygen atoms in total. The van der Waals surface area contributed by atoms with Crippen molar-refractivity contribution in [3.63, 3.8) is 0 Å². The highest BCUT2D eigenvalue weighted by Crippen LogP contribution is 2.24. The predicted octanol–water partition coefficient (Wildman–Crippen LogP) is 1.69. The van der Waals surface area contributed by atoms with Gasteiger partial charge in [-0.05, 0) is 51.4 Å². The average Bonchev–Trinajstić information content (AvgIpc) is 3.09. The van der Waals surface area contributed by atoms with E-state index in [4.69, 9.17) is 4.42 Å². The molecule has 112 valence electrons. The Hall–Kier alpha value is -1.33. The van der Waals surface area contributed by atoms with Crippen LogP contribution in [-0.4, -0.2) is 41.7 Å². The lowest BCUT2D eigenvalue weighted by molar-refractivity contribution is -0.121. The fraction of sp³-hybridized carbons (Fsp3) is 0.667. The summed E-state index contributed by atoms with van der Waals surface area (Å²) in [6.07, 6.45) is 4.51. The van der Waals surface area contributed by atoms with Crippen LogP contribution < -0.4 is 5.32 Å². The van der Waals surface area contributed by atoms with Gasteiger partial charge in [0.25, 0.3) is 0 Å². The van der Waals surface area contributed by atoms with Crippen LogP contribution in [0.1, 0.15) is 44.4 Å². The number of hydrogen-bond donors (Lipinski definition) is 2. The van der Waals surface area contributed by atoms with Crippen LogP contribution in [-0.2, 0) is 4.79 Å². The quantitative estimate of drug-likeness (QED) is 0.798. The van der Waals surface area contributed by atoms with Gasteiger partial charge in [0.05, 0.1) is 18.4 Å². The Kier molecular flexibility index (Phi) is 5.61. The Morgan fingerprint density at radius 2 is 2.25 bits per heavy atom. The topological polar surface area (TPSA) is 65.7 Å². The van der Waals surface area contributed by atoms with Crippen molar-refractivity contribution in [2.24, 2.45) is 0 Å². The highest BCUT2D eigenvalue weighted by Gasteiger charge is 2.25. The zero-order valence-corrected chi connectivity index (χ0v) is 12.0. The number of aliphatic hydroxyl groups is 1. The molecule has 1 aromatic rings. The van der Waals surface area contributed by atoms with Crippen LogP contribution in [0.15, 0.2) is 22.8 Å². The summed E-state index contributed by atoms with van der Waals surface area (Å²) in [5, 5.41) is 12.1. The number of hydrogen-bond acceptors (Lipinski definition) is 4. The number of rotatable bonds is 7. The van der Waals surface area contributed by atoms with Crippen molar-refractivity contribution in [3.05, 3.63) is 24.2 Å². The molecule has 0 bridgehead atoms. The van der Waals surface area contributed by atoms with Crippen LogP contribution in [0.25, 0.3) is 0 Å². The maximum absolute atomic E-state index is 11.8. The third-order valence-corrected chi connectivity index (χ3v) is 3.73. The van der Waals surface area contributed by atoms with Gasteiger partial charge >= 0.3 is 0 Å². The predicted molar refractivity (Wildman–Crippen MR) is 76.2 cm³/mol. The molecule has 1 amide bonds. The van der Waals surface area contributed by atoms with Gasteiger partial charge in [-0.1, -0.05) is 0 Å². The van der Waals surface area contributed by atoms with Crippen LogP contribution in [0.4, 0.5) is 0 Å². The van der Waals surface area contributed by atoms with E-state index in [-0.39, 0.29) is 11.9 Å². The lowest BCUT2D eigenvalue weighted by Crippen LogP contribution is -2.36. The zero-order valence-electron chi connectivity index (χ0n) is 12.0. The van der Waals surface area contributed by atoms with Gasteiger partial charge in [0.15, 0.2) is 0 Å². The summed E-state index contributed by atoms with van der Waals surface area (Å²) >= 11 is 0. The normalized spacial score (nSPS) is 18.9. The Morgan fingerprint density at radius 1 is 1.50 bits per heavy atom. The van der Waals surface area contributed by atoms with Crippen molar-refractivity contribution in [3.8, 4) is 0 Å². The molecule has 0 aromatic carbocycles. The van der Waals surface area contributed by atoms with Crippen LogP contribution in [0.2, 0.25) is 0 Å². The number of carbonyl (C=O) groups is 1. The Labute approximate surface area is 119 Å². The molecule has 0 saturated carbocycles. The third-order valence-electron chi connectivity index (χ3n) is 3.73. The average molecular weight is 280 g/mol. The molecular formula is C15H24N2O3. The summed E-state index contributed by atoms with van der Waals surface area (Å²) in [6, 6.07) is 3.96. The Morgan fingerprint density at radius 3 is 2.85 bits per heavy atom. The molecule has 1 aromatic heterocycles. The number of aliphatic hydroxyl groups excluding tert-OH is 1. The second-order valence-corrected chi connectivity index (χ2v) is 5.47. The molecule has 1 saturated heterocycles. The molecule has 1 fully saturated rings. The van der Waals surface area contributed by atoms with Gasteiger partial charge in [-0.2, -0.15) is 0 Å². The maximum Gasteiger partial charge on any atom is 0.220 e. The smallest absolute Gasteiger partial charge is 0.220 e. The molecule has 2 unspecified atom stereocenters. The first-order valence-electron chi connectivity index (χ1n) is 7.39. The lowest BCUT2D eigenvalue weighted by atomic mass is 10.1. The first-order valence-corrected chi connectivity index (χ1v) is 7.39. The summed E-state index contributed by atoms with van der Waals surface area (Å²) in [5.74, 6) is 0.893. The van der Waals surface area contributed by atoms with Gasteiger partial charge in [0.2, 0.25) is 5.91 Å². The van der Waals surface area contributed by atoms with E-state index >= 15 is 0 Å². The fourth-order valence-electron chi connectivity index (χ4n) is 2.58. The highest BCUT2D eigenvalue weighted by atomic mass is 16.3. The second-order valence-electron chi connectivity index (χ2n) is 5.47. The van der Waals surface area contributed by atoms with Crippen LogP contribution in [0.5, 0.6) is 0 Å². The minimum atomic E-state index is -0.430. The van der Waals surface area contributed by atoms with E-state index in [1.807, 2.05) is 12.1 Å². The van der Waals surface area contributed by atoms with Gasteiger partial charge in [-0.15, -0.1) is 0 Å². The monoisotopic (exact) mass is 280 g/mol. The summed E-state index contributed by atoms with van der Waals surface area (Å²) < 4.78 is 5.51. The molecule has 0 radical (unpaired) electrons. The van der Waals surface area contributed by atoms with Gasteiger partial charge in [0, 0.05) is 13.0 Å². The first kappa shape index (κ1) is 15.1. The first-order chi connectivity index (χ1) is 9.66. The molecule has 2 N–H and O–H groups in total. The minimum absolute atomic E-state index is 0.0124. The fourth-order valence-corrected chi connectivity index (χ4v) is 2.58. The number of carbonyl (C=O) groups excluding carboxylic acids is 1. The third kappa shape index (κ3) is 4.35. The largest absolute Gasteiger partial charge is 0.468 e. The number of amides is 1.